The van der Waals surface area contributed by atoms with Gasteiger partial charge >= 0.3 is 45.5 Å². The summed E-state index contributed by atoms with van der Waals surface area (Å²) >= 11 is 0. The molecule has 0 spiro atoms. The van der Waals surface area contributed by atoms with Crippen molar-refractivity contribution in [1.82, 2.24) is 6.15 Å². The van der Waals surface area contributed by atoms with E-state index in [9.17, 15) is 0 Å². The van der Waals surface area contributed by atoms with Gasteiger partial charge in [0.2, 0.25) is 0 Å². The van der Waals surface area contributed by atoms with Crippen LogP contribution in [-0.4, -0.2) is 61.9 Å². The Balaban J connectivity index is 0. The van der Waals surface area contributed by atoms with Crippen molar-refractivity contribution >= 4 is 56.4 Å². The summed E-state index contributed by atoms with van der Waals surface area (Å²) < 4.78 is 0. The summed E-state index contributed by atoms with van der Waals surface area (Å²) in [6.45, 7) is 0. The fourth-order valence-corrected chi connectivity index (χ4v) is 0. The molecule has 4 heavy (non-hydrogen) atoms. The topological polar surface area (TPSA) is 66.5 Å². The largest absolute Gasteiger partial charge is 2.00 e. The molecule has 28 valence electrons. The summed E-state index contributed by atoms with van der Waals surface area (Å²) in [4.78, 5) is 0. The maximum absolute atomic E-state index is 0. The third-order valence-corrected chi connectivity index (χ3v) is 0. The second kappa shape index (κ2) is 23.1. The Bertz CT molecular complexity index is 13.5. The average Bonchev–Trinajstić information content (AvgIpc) is 0. The van der Waals surface area contributed by atoms with Crippen molar-refractivity contribution in [3.8, 4) is 0 Å². The van der Waals surface area contributed by atoms with Crippen molar-refractivity contribution in [3.05, 3.63) is 0 Å². The van der Waals surface area contributed by atoms with Gasteiger partial charge in [0.25, 0.3) is 0 Å². The molecule has 4 heteroatoms. The Morgan fingerprint density at radius 2 is 1.25 bits per heavy atom. The van der Waals surface area contributed by atoms with Crippen LogP contribution in [0.4, 0.5) is 0 Å². The molecule has 0 aromatic rings. The maximum Gasteiger partial charge on any atom is 2.00 e. The third kappa shape index (κ3) is 9.47. The quantitative estimate of drug-likeness (QED) is 0.395. The monoisotopic (exact) mass is 157 g/mol. The van der Waals surface area contributed by atoms with Crippen LogP contribution >= 0.6 is 0 Å². The first-order valence-corrected chi connectivity index (χ1v) is 0. The Kier molecular flexibility index (Phi) is 264. The second-order valence-corrected chi connectivity index (χ2v) is 0. The van der Waals surface area contributed by atoms with Crippen molar-refractivity contribution in [1.29, 1.82) is 0 Å². The van der Waals surface area contributed by atoms with Crippen LogP contribution in [0.25, 0.3) is 0 Å². The van der Waals surface area contributed by atoms with E-state index in [1.54, 1.807) is 0 Å². The van der Waals surface area contributed by atoms with Crippen molar-refractivity contribution in [3.63, 3.8) is 0 Å². The molecule has 0 saturated carbocycles. The molecule has 0 rings (SSSR count). The maximum atomic E-state index is 0. The molecule has 5 N–H and O–H groups in total. The molecule has 0 aliphatic heterocycles. The first kappa shape index (κ1) is 45.8. The molecule has 0 atom stereocenters. The van der Waals surface area contributed by atoms with Gasteiger partial charge in [-0.2, -0.15) is 0 Å². The Morgan fingerprint density at radius 3 is 1.25 bits per heavy atom. The summed E-state index contributed by atoms with van der Waals surface area (Å²) in [6, 6.07) is 0. The van der Waals surface area contributed by atoms with Crippen molar-refractivity contribution in [2.75, 3.05) is 0 Å². The van der Waals surface area contributed by atoms with E-state index in [0.29, 0.717) is 0 Å². The molecule has 0 aromatic heterocycles. The molecule has 2 nitrogen and oxygen atoms in total. The fraction of sp³-hybridized carbons (Fsp3) is 0. The fourth-order valence-electron chi connectivity index (χ4n) is 0. The van der Waals surface area contributed by atoms with Crippen LogP contribution in [-0.2, 0) is 0 Å². The van der Waals surface area contributed by atoms with Gasteiger partial charge in [0.1, 0.15) is 0 Å². The zero-order valence-electron chi connectivity index (χ0n) is 3.91. The van der Waals surface area contributed by atoms with E-state index in [1.165, 1.54) is 0 Å². The first-order chi connectivity index (χ1) is 0. The van der Waals surface area contributed by atoms with E-state index in [1.807, 2.05) is 0 Å². The first-order valence-electron chi connectivity index (χ1n) is 0. The van der Waals surface area contributed by atoms with E-state index >= 15 is 0 Å². The van der Waals surface area contributed by atoms with Crippen molar-refractivity contribution in [2.45, 2.75) is 0 Å². The Labute approximate surface area is 70.1 Å². The second-order valence-electron chi connectivity index (χ2n) is 0. The minimum atomic E-state index is 0. The smallest absolute Gasteiger partial charge is 1.00 e. The van der Waals surface area contributed by atoms with E-state index in [-0.39, 0.29) is 70.9 Å². The predicted molar refractivity (Wildman–Crippen MR) is 27.9 cm³/mol. The van der Waals surface area contributed by atoms with E-state index in [2.05, 4.69) is 0 Å². The van der Waals surface area contributed by atoms with Gasteiger partial charge in [-0.05, 0) is 11.0 Å². The van der Waals surface area contributed by atoms with Crippen molar-refractivity contribution in [2.24, 2.45) is 0 Å². The van der Waals surface area contributed by atoms with E-state index in [4.69, 9.17) is 0 Å². The van der Waals surface area contributed by atoms with Crippen LogP contribution in [0.2, 0.25) is 0 Å². The molecule has 0 fully saturated rings. The molecular weight excluding hydrogens is 146 g/mol. The summed E-state index contributed by atoms with van der Waals surface area (Å²) in [7, 11) is 0. The SMILES string of the molecule is N.O.[H-].[H-].[SiH4].[Sr+2]. The van der Waals surface area contributed by atoms with Crippen LogP contribution in [0.3, 0.4) is 0 Å². The van der Waals surface area contributed by atoms with Gasteiger partial charge in [0.15, 0.2) is 0 Å². The molecule has 0 heterocycles. The normalized spacial score (nSPS) is 0. The number of rotatable bonds is 0. The molecule has 0 unspecified atom stereocenters. The molecule has 0 radical (unpaired) electrons. The molecule has 0 aliphatic rings. The van der Waals surface area contributed by atoms with E-state index in [0.717, 1.165) is 0 Å². The zero-order valence-corrected chi connectivity index (χ0v) is 5.39. The van der Waals surface area contributed by atoms with Crippen LogP contribution in [0.15, 0.2) is 0 Å². The molecule has 0 aliphatic carbocycles. The molecule has 0 aromatic carbocycles. The van der Waals surface area contributed by atoms with Crippen LogP contribution in [0, 0.1) is 0 Å². The summed E-state index contributed by atoms with van der Waals surface area (Å²) in [5.41, 5.74) is 0. The summed E-state index contributed by atoms with van der Waals surface area (Å²) in [5, 5.41) is 0. The minimum Gasteiger partial charge on any atom is -1.00 e. The van der Waals surface area contributed by atoms with Gasteiger partial charge in [-0.1, -0.05) is 0 Å². The van der Waals surface area contributed by atoms with Crippen LogP contribution < -0.4 is 6.15 Å². The standard InChI is InChI=1S/H3N.H2O.H4Si.Sr.2H/h1H3;1H2;1H4;;;/q;;;+2;2*-1. The minimum absolute atomic E-state index is 0. The average molecular weight is 157 g/mol. The Morgan fingerprint density at radius 1 is 1.25 bits per heavy atom. The Hall–Kier alpha value is 1.62. The zero-order chi connectivity index (χ0) is 0. The van der Waals surface area contributed by atoms with Gasteiger partial charge in [0.05, 0.1) is 0 Å². The van der Waals surface area contributed by atoms with Gasteiger partial charge in [-0.15, -0.1) is 0 Å². The summed E-state index contributed by atoms with van der Waals surface area (Å²) in [5.74, 6) is 0. The van der Waals surface area contributed by atoms with Crippen molar-refractivity contribution < 1.29 is 8.33 Å². The van der Waals surface area contributed by atoms with Gasteiger partial charge in [-0.3, -0.25) is 0 Å². The third-order valence-electron chi connectivity index (χ3n) is 0. The van der Waals surface area contributed by atoms with Gasteiger partial charge in [-0.25, -0.2) is 0 Å². The van der Waals surface area contributed by atoms with Gasteiger partial charge in [0, 0.05) is 0 Å². The van der Waals surface area contributed by atoms with E-state index < -0.39 is 0 Å². The van der Waals surface area contributed by atoms with Gasteiger partial charge < -0.3 is 14.5 Å². The summed E-state index contributed by atoms with van der Waals surface area (Å²) in [6.07, 6.45) is 0. The molecular formula is H11NOSiSr. The number of hydrogen-bond acceptors (Lipinski definition) is 1. The predicted octanol–water partition coefficient (Wildman–Crippen LogP) is -2.27. The van der Waals surface area contributed by atoms with Crippen LogP contribution in [0.5, 0.6) is 0 Å². The molecule has 0 saturated heterocycles. The molecule has 0 amide bonds. The molecule has 0 bridgehead atoms. The number of hydrogen-bond donors (Lipinski definition) is 1. The van der Waals surface area contributed by atoms with Crippen LogP contribution in [0.1, 0.15) is 2.85 Å².